The van der Waals surface area contributed by atoms with Crippen molar-refractivity contribution in [1.29, 1.82) is 0 Å². The van der Waals surface area contributed by atoms with E-state index in [1.54, 1.807) is 0 Å². The normalized spacial score (nSPS) is 10.3. The number of benzene rings is 2. The van der Waals surface area contributed by atoms with Crippen molar-refractivity contribution in [3.63, 3.8) is 0 Å². The Morgan fingerprint density at radius 1 is 1.16 bits per heavy atom. The molecule has 0 atom stereocenters. The molecular formula is C16H16BrNO. The summed E-state index contributed by atoms with van der Waals surface area (Å²) in [5.41, 5.74) is 4.14. The number of hydrogen-bond acceptors (Lipinski definition) is 1. The second-order valence-corrected chi connectivity index (χ2v) is 5.53. The Kier molecular flexibility index (Phi) is 4.38. The molecule has 0 unspecified atom stereocenters. The average molecular weight is 318 g/mol. The molecule has 0 radical (unpaired) electrons. The Hall–Kier alpha value is -1.61. The summed E-state index contributed by atoms with van der Waals surface area (Å²) >= 11 is 3.44. The van der Waals surface area contributed by atoms with E-state index in [-0.39, 0.29) is 5.91 Å². The number of hydrogen-bond donors (Lipinski definition) is 1. The Labute approximate surface area is 122 Å². The molecule has 0 heterocycles. The third-order valence-electron chi connectivity index (χ3n) is 2.89. The molecule has 2 rings (SSSR count). The summed E-state index contributed by atoms with van der Waals surface area (Å²) in [7, 11) is 0. The zero-order valence-corrected chi connectivity index (χ0v) is 12.6. The maximum Gasteiger partial charge on any atom is 0.228 e. The predicted molar refractivity (Wildman–Crippen MR) is 82.4 cm³/mol. The van der Waals surface area contributed by atoms with Crippen LogP contribution in [0.2, 0.25) is 0 Å². The number of rotatable bonds is 3. The first kappa shape index (κ1) is 13.8. The van der Waals surface area contributed by atoms with Gasteiger partial charge in [-0.15, -0.1) is 0 Å². The predicted octanol–water partition coefficient (Wildman–Crippen LogP) is 4.25. The number of amides is 1. The Morgan fingerprint density at radius 2 is 1.95 bits per heavy atom. The summed E-state index contributed by atoms with van der Waals surface area (Å²) in [6, 6.07) is 13.8. The van der Waals surface area contributed by atoms with Gasteiger partial charge in [0.05, 0.1) is 6.42 Å². The van der Waals surface area contributed by atoms with Crippen LogP contribution in [0.5, 0.6) is 0 Å². The number of nitrogens with one attached hydrogen (secondary N) is 1. The van der Waals surface area contributed by atoms with Gasteiger partial charge in [0.1, 0.15) is 0 Å². The van der Waals surface area contributed by atoms with E-state index >= 15 is 0 Å². The lowest BCUT2D eigenvalue weighted by molar-refractivity contribution is -0.115. The van der Waals surface area contributed by atoms with E-state index in [9.17, 15) is 4.79 Å². The molecular weight excluding hydrogens is 302 g/mol. The van der Waals surface area contributed by atoms with Gasteiger partial charge in [-0.25, -0.2) is 0 Å². The molecule has 0 fully saturated rings. The van der Waals surface area contributed by atoms with Crippen molar-refractivity contribution in [2.75, 3.05) is 5.32 Å². The smallest absolute Gasteiger partial charge is 0.228 e. The van der Waals surface area contributed by atoms with Gasteiger partial charge >= 0.3 is 0 Å². The van der Waals surface area contributed by atoms with Gasteiger partial charge in [0, 0.05) is 10.2 Å². The van der Waals surface area contributed by atoms with Gasteiger partial charge in [0.2, 0.25) is 5.91 Å². The molecule has 3 heteroatoms. The highest BCUT2D eigenvalue weighted by atomic mass is 79.9. The van der Waals surface area contributed by atoms with Gasteiger partial charge in [-0.1, -0.05) is 45.8 Å². The van der Waals surface area contributed by atoms with Crippen LogP contribution >= 0.6 is 15.9 Å². The van der Waals surface area contributed by atoms with Crippen LogP contribution in [0.15, 0.2) is 46.9 Å². The van der Waals surface area contributed by atoms with Crippen LogP contribution in [0.25, 0.3) is 0 Å². The largest absolute Gasteiger partial charge is 0.326 e. The highest BCUT2D eigenvalue weighted by molar-refractivity contribution is 9.10. The van der Waals surface area contributed by atoms with Gasteiger partial charge in [-0.05, 0) is 43.2 Å². The van der Waals surface area contributed by atoms with Crippen molar-refractivity contribution >= 4 is 27.5 Å². The fourth-order valence-corrected chi connectivity index (χ4v) is 2.18. The molecule has 0 bridgehead atoms. The molecule has 19 heavy (non-hydrogen) atoms. The van der Waals surface area contributed by atoms with Crippen LogP contribution < -0.4 is 5.32 Å². The van der Waals surface area contributed by atoms with E-state index in [1.807, 2.05) is 56.3 Å². The minimum Gasteiger partial charge on any atom is -0.326 e. The second-order valence-electron chi connectivity index (χ2n) is 4.68. The maximum atomic E-state index is 12.0. The zero-order chi connectivity index (χ0) is 13.8. The lowest BCUT2D eigenvalue weighted by Gasteiger charge is -2.07. The van der Waals surface area contributed by atoms with Crippen LogP contribution in [0, 0.1) is 13.8 Å². The summed E-state index contributed by atoms with van der Waals surface area (Å²) in [6.07, 6.45) is 0.400. The van der Waals surface area contributed by atoms with E-state index in [0.29, 0.717) is 6.42 Å². The van der Waals surface area contributed by atoms with Crippen LogP contribution in [0.1, 0.15) is 16.7 Å². The van der Waals surface area contributed by atoms with Gasteiger partial charge in [-0.2, -0.15) is 0 Å². The fourth-order valence-electron chi connectivity index (χ4n) is 1.94. The number of anilines is 1. The molecule has 2 aromatic rings. The Balaban J connectivity index is 2.03. The van der Waals surface area contributed by atoms with E-state index in [0.717, 1.165) is 21.3 Å². The van der Waals surface area contributed by atoms with Crippen LogP contribution in [-0.4, -0.2) is 5.91 Å². The molecule has 2 aromatic carbocycles. The van der Waals surface area contributed by atoms with Crippen molar-refractivity contribution < 1.29 is 4.79 Å². The first-order chi connectivity index (χ1) is 9.04. The highest BCUT2D eigenvalue weighted by Crippen LogP contribution is 2.20. The third-order valence-corrected chi connectivity index (χ3v) is 3.78. The molecule has 0 aliphatic carbocycles. The summed E-state index contributed by atoms with van der Waals surface area (Å²) in [4.78, 5) is 12.0. The van der Waals surface area contributed by atoms with Gasteiger partial charge in [0.25, 0.3) is 0 Å². The first-order valence-corrected chi connectivity index (χ1v) is 6.95. The Morgan fingerprint density at radius 3 is 2.63 bits per heavy atom. The molecule has 1 N–H and O–H groups in total. The molecule has 1 amide bonds. The first-order valence-electron chi connectivity index (χ1n) is 6.16. The molecule has 98 valence electrons. The summed E-state index contributed by atoms with van der Waals surface area (Å²) in [5, 5.41) is 2.92. The van der Waals surface area contributed by atoms with Crippen molar-refractivity contribution in [3.8, 4) is 0 Å². The quantitative estimate of drug-likeness (QED) is 0.901. The lowest BCUT2D eigenvalue weighted by Crippen LogP contribution is -2.14. The van der Waals surface area contributed by atoms with Crippen molar-refractivity contribution in [1.82, 2.24) is 0 Å². The SMILES string of the molecule is Cc1cccc(CC(=O)Nc2ccc(Br)c(C)c2)c1. The number of aryl methyl sites for hydroxylation is 2. The van der Waals surface area contributed by atoms with E-state index in [4.69, 9.17) is 0 Å². The molecule has 0 aliphatic heterocycles. The molecule has 0 aromatic heterocycles. The monoisotopic (exact) mass is 317 g/mol. The molecule has 0 spiro atoms. The minimum absolute atomic E-state index is 0.00678. The van der Waals surface area contributed by atoms with Crippen molar-refractivity contribution in [2.24, 2.45) is 0 Å². The molecule has 0 saturated carbocycles. The van der Waals surface area contributed by atoms with E-state index < -0.39 is 0 Å². The summed E-state index contributed by atoms with van der Waals surface area (Å²) in [6.45, 7) is 4.03. The minimum atomic E-state index is 0.00678. The van der Waals surface area contributed by atoms with Crippen LogP contribution in [0.4, 0.5) is 5.69 Å². The average Bonchev–Trinajstić information content (AvgIpc) is 2.34. The van der Waals surface area contributed by atoms with Crippen molar-refractivity contribution in [2.45, 2.75) is 20.3 Å². The standard InChI is InChI=1S/C16H16BrNO/c1-11-4-3-5-13(8-11)10-16(19)18-14-6-7-15(17)12(2)9-14/h3-9H,10H2,1-2H3,(H,18,19). The van der Waals surface area contributed by atoms with Crippen molar-refractivity contribution in [3.05, 3.63) is 63.6 Å². The number of carbonyl (C=O) groups excluding carboxylic acids is 1. The molecule has 0 aliphatic rings. The highest BCUT2D eigenvalue weighted by Gasteiger charge is 2.05. The van der Waals surface area contributed by atoms with Crippen LogP contribution in [-0.2, 0) is 11.2 Å². The number of carbonyl (C=O) groups is 1. The lowest BCUT2D eigenvalue weighted by atomic mass is 10.1. The van der Waals surface area contributed by atoms with Gasteiger partial charge in [-0.3, -0.25) is 4.79 Å². The van der Waals surface area contributed by atoms with Gasteiger partial charge in [0.15, 0.2) is 0 Å². The van der Waals surface area contributed by atoms with Gasteiger partial charge < -0.3 is 5.32 Å². The third kappa shape index (κ3) is 3.93. The summed E-state index contributed by atoms with van der Waals surface area (Å²) < 4.78 is 1.05. The van der Waals surface area contributed by atoms with E-state index in [1.165, 1.54) is 5.56 Å². The Bertz CT molecular complexity index is 607. The van der Waals surface area contributed by atoms with E-state index in [2.05, 4.69) is 21.2 Å². The zero-order valence-electron chi connectivity index (χ0n) is 11.0. The molecule has 0 saturated heterocycles. The summed E-state index contributed by atoms with van der Waals surface area (Å²) in [5.74, 6) is 0.00678. The fraction of sp³-hybridized carbons (Fsp3) is 0.188. The second kappa shape index (κ2) is 6.02. The van der Waals surface area contributed by atoms with Crippen LogP contribution in [0.3, 0.4) is 0 Å². The topological polar surface area (TPSA) is 29.1 Å². The number of halogens is 1. The molecule has 2 nitrogen and oxygen atoms in total. The maximum absolute atomic E-state index is 12.0.